The van der Waals surface area contributed by atoms with Crippen LogP contribution in [0.2, 0.25) is 0 Å². The van der Waals surface area contributed by atoms with Gasteiger partial charge >= 0.3 is 6.18 Å². The minimum atomic E-state index is -4.11. The zero-order valence-electron chi connectivity index (χ0n) is 11.5. The Hall–Kier alpha value is -1.23. The minimum Gasteiger partial charge on any atom is -0.494 e. The Morgan fingerprint density at radius 2 is 1.85 bits per heavy atom. The Labute approximate surface area is 117 Å². The third-order valence-corrected chi connectivity index (χ3v) is 4.06. The molecule has 1 fully saturated rings. The summed E-state index contributed by atoms with van der Waals surface area (Å²) >= 11 is 0. The molecule has 1 aliphatic rings. The summed E-state index contributed by atoms with van der Waals surface area (Å²) in [6.07, 6.45) is -3.27. The standard InChI is InChI=1S/C15H20F3NO/c1-2-20-13-6-4-3-5-12(13)14(19)9-7-11(8-10-14)15(16,17)18/h3-6,11H,2,7-10,19H2,1H3. The highest BCUT2D eigenvalue weighted by atomic mass is 19.4. The molecule has 0 spiro atoms. The van der Waals surface area contributed by atoms with Crippen LogP contribution in [0, 0.1) is 5.92 Å². The zero-order valence-corrected chi connectivity index (χ0v) is 11.5. The van der Waals surface area contributed by atoms with Gasteiger partial charge in [0.15, 0.2) is 0 Å². The van der Waals surface area contributed by atoms with E-state index in [1.54, 1.807) is 0 Å². The highest BCUT2D eigenvalue weighted by Crippen LogP contribution is 2.45. The van der Waals surface area contributed by atoms with E-state index in [0.29, 0.717) is 25.2 Å². The molecule has 0 saturated heterocycles. The van der Waals surface area contributed by atoms with Crippen molar-refractivity contribution in [2.75, 3.05) is 6.61 Å². The van der Waals surface area contributed by atoms with Gasteiger partial charge in [0.2, 0.25) is 0 Å². The third kappa shape index (κ3) is 3.08. The number of benzene rings is 1. The zero-order chi connectivity index (χ0) is 14.8. The summed E-state index contributed by atoms with van der Waals surface area (Å²) in [5, 5.41) is 0. The lowest BCUT2D eigenvalue weighted by molar-refractivity contribution is -0.184. The van der Waals surface area contributed by atoms with Gasteiger partial charge in [0.05, 0.1) is 12.5 Å². The van der Waals surface area contributed by atoms with Crippen molar-refractivity contribution in [3.05, 3.63) is 29.8 Å². The Balaban J connectivity index is 2.18. The van der Waals surface area contributed by atoms with Gasteiger partial charge in [0.1, 0.15) is 5.75 Å². The molecule has 1 aromatic rings. The molecule has 1 aliphatic carbocycles. The summed E-state index contributed by atoms with van der Waals surface area (Å²) in [6, 6.07) is 7.38. The smallest absolute Gasteiger partial charge is 0.391 e. The van der Waals surface area contributed by atoms with E-state index in [9.17, 15) is 13.2 Å². The largest absolute Gasteiger partial charge is 0.494 e. The number of nitrogens with two attached hydrogens (primary N) is 1. The van der Waals surface area contributed by atoms with E-state index in [2.05, 4.69) is 0 Å². The predicted octanol–water partition coefficient (Wildman–Crippen LogP) is 3.99. The number of halogens is 3. The maximum absolute atomic E-state index is 12.7. The van der Waals surface area contributed by atoms with Crippen LogP contribution in [0.3, 0.4) is 0 Å². The molecule has 0 unspecified atom stereocenters. The van der Waals surface area contributed by atoms with Crippen LogP contribution >= 0.6 is 0 Å². The molecule has 2 nitrogen and oxygen atoms in total. The van der Waals surface area contributed by atoms with Crippen LogP contribution in [-0.4, -0.2) is 12.8 Å². The molecule has 0 aromatic heterocycles. The van der Waals surface area contributed by atoms with Crippen molar-refractivity contribution in [2.24, 2.45) is 11.7 Å². The van der Waals surface area contributed by atoms with Crippen molar-refractivity contribution in [1.29, 1.82) is 0 Å². The first-order chi connectivity index (χ1) is 9.37. The minimum absolute atomic E-state index is 0.0838. The summed E-state index contributed by atoms with van der Waals surface area (Å²) in [5.74, 6) is -0.540. The molecule has 1 saturated carbocycles. The fourth-order valence-corrected chi connectivity index (χ4v) is 2.89. The molecule has 5 heteroatoms. The Kier molecular flexibility index (Phi) is 4.28. The average Bonchev–Trinajstić information content (AvgIpc) is 2.39. The van der Waals surface area contributed by atoms with Crippen LogP contribution < -0.4 is 10.5 Å². The highest BCUT2D eigenvalue weighted by molar-refractivity contribution is 5.39. The lowest BCUT2D eigenvalue weighted by Gasteiger charge is -2.38. The van der Waals surface area contributed by atoms with Crippen LogP contribution in [0.25, 0.3) is 0 Å². The molecule has 0 aliphatic heterocycles. The molecule has 0 atom stereocenters. The first-order valence-electron chi connectivity index (χ1n) is 6.95. The van der Waals surface area contributed by atoms with Crippen molar-refractivity contribution in [2.45, 2.75) is 44.3 Å². The molecule has 112 valence electrons. The first kappa shape index (κ1) is 15.2. The summed E-state index contributed by atoms with van der Waals surface area (Å²) in [5.41, 5.74) is 6.48. The number of alkyl halides is 3. The molecule has 0 radical (unpaired) electrons. The summed E-state index contributed by atoms with van der Waals surface area (Å²) in [7, 11) is 0. The monoisotopic (exact) mass is 287 g/mol. The second-order valence-corrected chi connectivity index (χ2v) is 5.40. The molecular formula is C15H20F3NO. The van der Waals surface area contributed by atoms with Crippen LogP contribution in [0.4, 0.5) is 13.2 Å². The molecule has 0 bridgehead atoms. The molecule has 0 amide bonds. The third-order valence-electron chi connectivity index (χ3n) is 4.06. The number of rotatable bonds is 3. The van der Waals surface area contributed by atoms with Gasteiger partial charge in [-0.2, -0.15) is 13.2 Å². The van der Waals surface area contributed by atoms with Crippen molar-refractivity contribution in [3.8, 4) is 5.75 Å². The topological polar surface area (TPSA) is 35.2 Å². The van der Waals surface area contributed by atoms with E-state index in [1.165, 1.54) is 0 Å². The maximum Gasteiger partial charge on any atom is 0.391 e. The van der Waals surface area contributed by atoms with Crippen LogP contribution in [0.5, 0.6) is 5.75 Å². The van der Waals surface area contributed by atoms with Crippen LogP contribution in [-0.2, 0) is 5.54 Å². The maximum atomic E-state index is 12.7. The van der Waals surface area contributed by atoms with E-state index in [1.807, 2.05) is 31.2 Å². The molecule has 1 aromatic carbocycles. The lowest BCUT2D eigenvalue weighted by Crippen LogP contribution is -2.43. The summed E-state index contributed by atoms with van der Waals surface area (Å²) in [4.78, 5) is 0. The molecule has 2 rings (SSSR count). The summed E-state index contributed by atoms with van der Waals surface area (Å²) < 4.78 is 43.7. The van der Waals surface area contributed by atoms with Crippen molar-refractivity contribution < 1.29 is 17.9 Å². The molecule has 20 heavy (non-hydrogen) atoms. The molecular weight excluding hydrogens is 267 g/mol. The van der Waals surface area contributed by atoms with Gasteiger partial charge in [-0.25, -0.2) is 0 Å². The van der Waals surface area contributed by atoms with Gasteiger partial charge in [-0.1, -0.05) is 18.2 Å². The molecule has 2 N–H and O–H groups in total. The number of para-hydroxylation sites is 1. The average molecular weight is 287 g/mol. The van der Waals surface area contributed by atoms with Crippen LogP contribution in [0.1, 0.15) is 38.2 Å². The van der Waals surface area contributed by atoms with Gasteiger partial charge in [-0.15, -0.1) is 0 Å². The second-order valence-electron chi connectivity index (χ2n) is 5.40. The first-order valence-corrected chi connectivity index (χ1v) is 6.95. The van der Waals surface area contributed by atoms with E-state index in [0.717, 1.165) is 5.56 Å². The number of ether oxygens (including phenoxy) is 1. The fourth-order valence-electron chi connectivity index (χ4n) is 2.89. The second kappa shape index (κ2) is 5.64. The molecule has 0 heterocycles. The normalized spacial score (nSPS) is 27.4. The van der Waals surface area contributed by atoms with E-state index in [4.69, 9.17) is 10.5 Å². The Morgan fingerprint density at radius 3 is 2.40 bits per heavy atom. The van der Waals surface area contributed by atoms with Crippen molar-refractivity contribution in [1.82, 2.24) is 0 Å². The van der Waals surface area contributed by atoms with E-state index >= 15 is 0 Å². The van der Waals surface area contributed by atoms with Gasteiger partial charge in [-0.3, -0.25) is 0 Å². The Morgan fingerprint density at radius 1 is 1.25 bits per heavy atom. The lowest BCUT2D eigenvalue weighted by atomic mass is 9.73. The van der Waals surface area contributed by atoms with Crippen molar-refractivity contribution in [3.63, 3.8) is 0 Å². The van der Waals surface area contributed by atoms with Gasteiger partial charge < -0.3 is 10.5 Å². The van der Waals surface area contributed by atoms with Gasteiger partial charge in [0.25, 0.3) is 0 Å². The fraction of sp³-hybridized carbons (Fsp3) is 0.600. The SMILES string of the molecule is CCOc1ccccc1C1(N)CCC(C(F)(F)F)CC1. The van der Waals surface area contributed by atoms with Crippen LogP contribution in [0.15, 0.2) is 24.3 Å². The highest BCUT2D eigenvalue weighted by Gasteiger charge is 2.45. The quantitative estimate of drug-likeness (QED) is 0.912. The summed E-state index contributed by atoms with van der Waals surface area (Å²) in [6.45, 7) is 2.39. The Bertz CT molecular complexity index is 451. The van der Waals surface area contributed by atoms with Gasteiger partial charge in [-0.05, 0) is 38.7 Å². The van der Waals surface area contributed by atoms with Gasteiger partial charge in [0, 0.05) is 11.1 Å². The number of hydrogen-bond acceptors (Lipinski definition) is 2. The van der Waals surface area contributed by atoms with Crippen molar-refractivity contribution >= 4 is 0 Å². The van der Waals surface area contributed by atoms with E-state index in [-0.39, 0.29) is 12.8 Å². The number of hydrogen-bond donors (Lipinski definition) is 1. The predicted molar refractivity (Wildman–Crippen MR) is 71.5 cm³/mol. The van der Waals surface area contributed by atoms with E-state index < -0.39 is 17.6 Å².